The van der Waals surface area contributed by atoms with Gasteiger partial charge in [0.05, 0.1) is 0 Å². The zero-order chi connectivity index (χ0) is 35.3. The summed E-state index contributed by atoms with van der Waals surface area (Å²) in [5.41, 5.74) is 8.99. The Hall–Kier alpha value is -3.26. The van der Waals surface area contributed by atoms with E-state index in [2.05, 4.69) is 98.9 Å². The molecule has 0 fully saturated rings. The SMILES string of the molecule is Cc1cc2c(O)c(c1)CNCCN1CCNCc3cc(C)cc(c3O)CNCCN(CCNC2)CCNCc2cc(C)cc(c2O)CNCC1. The summed E-state index contributed by atoms with van der Waals surface area (Å²) in [6.07, 6.45) is 0. The van der Waals surface area contributed by atoms with E-state index in [1.165, 1.54) is 0 Å². The van der Waals surface area contributed by atoms with Crippen LogP contribution in [0.1, 0.15) is 50.1 Å². The second-order valence-electron chi connectivity index (χ2n) is 14.0. The minimum Gasteiger partial charge on any atom is -0.507 e. The molecule has 3 heterocycles. The van der Waals surface area contributed by atoms with Gasteiger partial charge in [0.25, 0.3) is 0 Å². The van der Waals surface area contributed by atoms with E-state index in [0.717, 1.165) is 129 Å². The summed E-state index contributed by atoms with van der Waals surface area (Å²) in [4.78, 5) is 4.85. The molecule has 0 radical (unpaired) electrons. The van der Waals surface area contributed by atoms with Crippen LogP contribution in [0.4, 0.5) is 0 Å². The number of hydrogen-bond donors (Lipinski definition) is 9. The van der Waals surface area contributed by atoms with E-state index in [0.29, 0.717) is 56.5 Å². The molecular formula is C39H60N8O3. The number of rotatable bonds is 0. The Morgan fingerprint density at radius 1 is 0.360 bits per heavy atom. The number of benzene rings is 3. The van der Waals surface area contributed by atoms with Crippen molar-refractivity contribution in [2.75, 3.05) is 78.5 Å². The molecule has 3 aromatic rings. The number of aryl methyl sites for hydroxylation is 3. The fourth-order valence-corrected chi connectivity index (χ4v) is 7.04. The zero-order valence-electron chi connectivity index (χ0n) is 30.4. The molecule has 0 amide bonds. The van der Waals surface area contributed by atoms with Crippen molar-refractivity contribution in [2.24, 2.45) is 0 Å². The van der Waals surface area contributed by atoms with Crippen LogP contribution in [0.3, 0.4) is 0 Å². The minimum absolute atomic E-state index is 0.374. The third kappa shape index (κ3) is 11.4. The second-order valence-corrected chi connectivity index (χ2v) is 14.0. The van der Waals surface area contributed by atoms with E-state index in [-0.39, 0.29) is 0 Å². The van der Waals surface area contributed by atoms with Crippen LogP contribution in [-0.2, 0) is 39.3 Å². The zero-order valence-corrected chi connectivity index (χ0v) is 30.4. The van der Waals surface area contributed by atoms with Gasteiger partial charge in [0.15, 0.2) is 0 Å². The van der Waals surface area contributed by atoms with Crippen molar-refractivity contribution in [1.82, 2.24) is 41.7 Å². The molecule has 3 aliphatic heterocycles. The van der Waals surface area contributed by atoms with E-state index in [9.17, 15) is 15.3 Å². The molecule has 11 heteroatoms. The average molecular weight is 689 g/mol. The van der Waals surface area contributed by atoms with Crippen molar-refractivity contribution in [1.29, 1.82) is 0 Å². The van der Waals surface area contributed by atoms with Crippen molar-refractivity contribution < 1.29 is 15.3 Å². The topological polar surface area (TPSA) is 139 Å². The molecule has 3 aliphatic rings. The Balaban J connectivity index is 1.39. The number of phenols is 3. The molecule has 0 unspecified atom stereocenters. The highest BCUT2D eigenvalue weighted by molar-refractivity contribution is 5.45. The van der Waals surface area contributed by atoms with Gasteiger partial charge < -0.3 is 47.2 Å². The van der Waals surface area contributed by atoms with Gasteiger partial charge in [0.2, 0.25) is 0 Å². The van der Waals surface area contributed by atoms with Crippen LogP contribution >= 0.6 is 0 Å². The summed E-state index contributed by atoms with van der Waals surface area (Å²) in [6, 6.07) is 12.4. The van der Waals surface area contributed by atoms with Gasteiger partial charge in [-0.3, -0.25) is 9.80 Å². The standard InChI is InChI=1S/C39H60N8O3/c1-28-16-31-22-40-4-10-46-12-6-42-24-33-18-29(2)19-34(38(33)49)25-43-7-13-47(11-5-41-23-32(17-28)37(31)48)15-9-45-27-36-21-30(3)20-35(39(36)50)26-44-8-14-46/h16-21,40-45,48-50H,4-15,22-27H2,1-3H3. The maximum Gasteiger partial charge on any atom is 0.124 e. The van der Waals surface area contributed by atoms with E-state index in [1.54, 1.807) is 0 Å². The van der Waals surface area contributed by atoms with Crippen molar-refractivity contribution in [3.63, 3.8) is 0 Å². The van der Waals surface area contributed by atoms with Crippen LogP contribution in [-0.4, -0.2) is 104 Å². The van der Waals surface area contributed by atoms with Gasteiger partial charge in [-0.2, -0.15) is 0 Å². The van der Waals surface area contributed by atoms with Gasteiger partial charge >= 0.3 is 0 Å². The predicted molar refractivity (Wildman–Crippen MR) is 202 cm³/mol. The van der Waals surface area contributed by atoms with E-state index in [1.807, 2.05) is 0 Å². The first-order valence-corrected chi connectivity index (χ1v) is 18.4. The summed E-state index contributed by atoms with van der Waals surface area (Å²) >= 11 is 0. The van der Waals surface area contributed by atoms with Crippen molar-refractivity contribution in [2.45, 2.75) is 60.0 Å². The summed E-state index contributed by atoms with van der Waals surface area (Å²) in [7, 11) is 0. The quantitative estimate of drug-likeness (QED) is 0.172. The smallest absolute Gasteiger partial charge is 0.124 e. The highest BCUT2D eigenvalue weighted by Crippen LogP contribution is 2.27. The highest BCUT2D eigenvalue weighted by Gasteiger charge is 2.14. The monoisotopic (exact) mass is 688 g/mol. The summed E-state index contributed by atoms with van der Waals surface area (Å²) < 4.78 is 0. The lowest BCUT2D eigenvalue weighted by Gasteiger charge is -2.24. The lowest BCUT2D eigenvalue weighted by atomic mass is 10.0. The fourth-order valence-electron chi connectivity index (χ4n) is 7.04. The van der Waals surface area contributed by atoms with Crippen LogP contribution in [0.25, 0.3) is 0 Å². The van der Waals surface area contributed by atoms with Gasteiger partial charge in [-0.25, -0.2) is 0 Å². The van der Waals surface area contributed by atoms with Crippen molar-refractivity contribution in [3.05, 3.63) is 86.5 Å². The molecule has 3 aromatic carbocycles. The molecule has 6 rings (SSSR count). The average Bonchev–Trinajstić information content (AvgIpc) is 3.08. The molecule has 8 bridgehead atoms. The summed E-state index contributed by atoms with van der Waals surface area (Å²) in [5, 5.41) is 55.0. The first-order valence-electron chi connectivity index (χ1n) is 18.4. The van der Waals surface area contributed by atoms with Gasteiger partial charge in [-0.15, -0.1) is 0 Å². The molecular weight excluding hydrogens is 628 g/mol. The molecule has 0 saturated carbocycles. The van der Waals surface area contributed by atoms with E-state index in [4.69, 9.17) is 0 Å². The first kappa shape index (κ1) is 38.0. The van der Waals surface area contributed by atoms with Gasteiger partial charge in [-0.1, -0.05) is 53.1 Å². The van der Waals surface area contributed by atoms with Crippen LogP contribution in [0.5, 0.6) is 17.2 Å². The van der Waals surface area contributed by atoms with Crippen molar-refractivity contribution >= 4 is 0 Å². The first-order chi connectivity index (χ1) is 24.3. The Labute approximate surface area is 298 Å². The summed E-state index contributed by atoms with van der Waals surface area (Å²) in [6.45, 7) is 19.6. The van der Waals surface area contributed by atoms with Gasteiger partial charge in [-0.05, 0) is 20.8 Å². The fraction of sp³-hybridized carbons (Fsp3) is 0.538. The van der Waals surface area contributed by atoms with E-state index < -0.39 is 0 Å². The number of phenolic OH excluding ortho intramolecular Hbond substituents is 3. The van der Waals surface area contributed by atoms with Crippen molar-refractivity contribution in [3.8, 4) is 17.2 Å². The molecule has 0 aromatic heterocycles. The molecule has 9 N–H and O–H groups in total. The van der Waals surface area contributed by atoms with Crippen LogP contribution in [0.2, 0.25) is 0 Å². The molecule has 0 aliphatic carbocycles. The molecule has 0 saturated heterocycles. The lowest BCUT2D eigenvalue weighted by molar-refractivity contribution is 0.269. The normalized spacial score (nSPS) is 21.4. The lowest BCUT2D eigenvalue weighted by Crippen LogP contribution is -2.40. The molecule has 50 heavy (non-hydrogen) atoms. The number of nitrogens with one attached hydrogen (secondary N) is 6. The number of hydrogen-bond acceptors (Lipinski definition) is 11. The Bertz CT molecular complexity index is 1250. The minimum atomic E-state index is 0.374. The number of aromatic hydroxyl groups is 3. The second kappa shape index (κ2) is 19.4. The Morgan fingerprint density at radius 2 is 0.540 bits per heavy atom. The molecule has 0 atom stereocenters. The summed E-state index contributed by atoms with van der Waals surface area (Å²) in [5.74, 6) is 1.12. The van der Waals surface area contributed by atoms with Crippen LogP contribution < -0.4 is 31.9 Å². The maximum atomic E-state index is 11.2. The Kier molecular flexibility index (Phi) is 14.7. The number of fused-ring (bicyclic) bond motifs is 18. The maximum absolute atomic E-state index is 11.2. The van der Waals surface area contributed by atoms with Gasteiger partial charge in [0, 0.05) is 151 Å². The van der Waals surface area contributed by atoms with Gasteiger partial charge in [0.1, 0.15) is 17.2 Å². The van der Waals surface area contributed by atoms with Crippen LogP contribution in [0, 0.1) is 20.8 Å². The third-order valence-electron chi connectivity index (χ3n) is 9.76. The largest absolute Gasteiger partial charge is 0.507 e. The van der Waals surface area contributed by atoms with Crippen LogP contribution in [0.15, 0.2) is 36.4 Å². The van der Waals surface area contributed by atoms with E-state index >= 15 is 0 Å². The third-order valence-corrected chi connectivity index (χ3v) is 9.76. The molecule has 274 valence electrons. The number of nitrogens with zero attached hydrogens (tertiary/aromatic N) is 2. The molecule has 11 nitrogen and oxygen atoms in total. The predicted octanol–water partition coefficient (Wildman–Crippen LogP) is 2.30. The highest BCUT2D eigenvalue weighted by atomic mass is 16.3. The Morgan fingerprint density at radius 3 is 0.720 bits per heavy atom. The molecule has 0 spiro atoms.